The van der Waals surface area contributed by atoms with E-state index in [1.54, 1.807) is 0 Å². The van der Waals surface area contributed by atoms with E-state index in [2.05, 4.69) is 24.3 Å². The van der Waals surface area contributed by atoms with Gasteiger partial charge in [-0.05, 0) is 62.6 Å². The van der Waals surface area contributed by atoms with Gasteiger partial charge in [0.2, 0.25) is 0 Å². The van der Waals surface area contributed by atoms with Crippen molar-refractivity contribution in [1.29, 1.82) is 0 Å². The number of aryl methyl sites for hydroxylation is 2. The Morgan fingerprint density at radius 3 is 2.32 bits per heavy atom. The van der Waals surface area contributed by atoms with Gasteiger partial charge >= 0.3 is 0 Å². The molecule has 1 fully saturated rings. The lowest BCUT2D eigenvalue weighted by atomic mass is 9.93. The summed E-state index contributed by atoms with van der Waals surface area (Å²) in [6.07, 6.45) is 9.68. The van der Waals surface area contributed by atoms with E-state index in [0.29, 0.717) is 0 Å². The molecule has 0 aliphatic heterocycles. The smallest absolute Gasteiger partial charge is 0.0648 e. The van der Waals surface area contributed by atoms with E-state index >= 15 is 0 Å². The molecule has 0 saturated heterocycles. The number of hydrogen-bond acceptors (Lipinski definition) is 2. The topological polar surface area (TPSA) is 46.2 Å². The number of benzene rings is 1. The van der Waals surface area contributed by atoms with Crippen LogP contribution in [0.25, 0.3) is 0 Å². The first-order chi connectivity index (χ1) is 9.22. The second-order valence-corrected chi connectivity index (χ2v) is 6.00. The van der Waals surface area contributed by atoms with Crippen molar-refractivity contribution in [2.45, 2.75) is 63.4 Å². The van der Waals surface area contributed by atoms with Crippen molar-refractivity contribution in [2.75, 3.05) is 6.54 Å². The highest BCUT2D eigenvalue weighted by Gasteiger charge is 2.29. The van der Waals surface area contributed by atoms with Crippen LogP contribution in [0, 0.1) is 0 Å². The molecule has 0 amide bonds. The summed E-state index contributed by atoms with van der Waals surface area (Å²) in [4.78, 5) is 0. The van der Waals surface area contributed by atoms with Gasteiger partial charge < -0.3 is 10.8 Å². The van der Waals surface area contributed by atoms with Crippen molar-refractivity contribution in [3.05, 3.63) is 35.4 Å². The van der Waals surface area contributed by atoms with Gasteiger partial charge in [-0.25, -0.2) is 0 Å². The van der Waals surface area contributed by atoms with Crippen LogP contribution in [0.5, 0.6) is 0 Å². The van der Waals surface area contributed by atoms with Gasteiger partial charge in [-0.3, -0.25) is 0 Å². The summed E-state index contributed by atoms with van der Waals surface area (Å²) in [7, 11) is 0. The van der Waals surface area contributed by atoms with Crippen molar-refractivity contribution in [3.8, 4) is 0 Å². The Balaban J connectivity index is 1.78. The molecule has 0 radical (unpaired) electrons. The summed E-state index contributed by atoms with van der Waals surface area (Å²) in [6, 6.07) is 8.83. The lowest BCUT2D eigenvalue weighted by molar-refractivity contribution is 0.0369. The summed E-state index contributed by atoms with van der Waals surface area (Å²) < 4.78 is 0. The molecule has 1 aromatic carbocycles. The van der Waals surface area contributed by atoms with Crippen LogP contribution in [-0.2, 0) is 12.8 Å². The van der Waals surface area contributed by atoms with Crippen molar-refractivity contribution >= 4 is 0 Å². The molecule has 19 heavy (non-hydrogen) atoms. The zero-order valence-electron chi connectivity index (χ0n) is 11.9. The first-order valence-corrected chi connectivity index (χ1v) is 7.72. The van der Waals surface area contributed by atoms with Crippen LogP contribution in [0.4, 0.5) is 0 Å². The van der Waals surface area contributed by atoms with Crippen LogP contribution >= 0.6 is 0 Å². The minimum atomic E-state index is -0.350. The van der Waals surface area contributed by atoms with Gasteiger partial charge in [0, 0.05) is 0 Å². The summed E-state index contributed by atoms with van der Waals surface area (Å²) >= 11 is 0. The molecule has 0 bridgehead atoms. The fourth-order valence-electron chi connectivity index (χ4n) is 3.15. The zero-order valence-corrected chi connectivity index (χ0v) is 11.9. The predicted molar refractivity (Wildman–Crippen MR) is 80.2 cm³/mol. The molecule has 0 spiro atoms. The third-order valence-corrected chi connectivity index (χ3v) is 4.30. The lowest BCUT2D eigenvalue weighted by Crippen LogP contribution is -2.23. The van der Waals surface area contributed by atoms with E-state index in [1.807, 2.05) is 0 Å². The van der Waals surface area contributed by atoms with Gasteiger partial charge in [-0.15, -0.1) is 0 Å². The molecule has 1 saturated carbocycles. The van der Waals surface area contributed by atoms with Crippen molar-refractivity contribution in [2.24, 2.45) is 5.73 Å². The quantitative estimate of drug-likeness (QED) is 0.791. The first kappa shape index (κ1) is 14.5. The van der Waals surface area contributed by atoms with E-state index < -0.39 is 0 Å². The van der Waals surface area contributed by atoms with Crippen molar-refractivity contribution < 1.29 is 5.11 Å². The number of nitrogens with two attached hydrogens (primary N) is 1. The molecule has 106 valence electrons. The summed E-state index contributed by atoms with van der Waals surface area (Å²) in [5.41, 5.74) is 7.99. The highest BCUT2D eigenvalue weighted by atomic mass is 16.3. The Labute approximate surface area is 117 Å². The molecule has 1 aliphatic carbocycles. The maximum Gasteiger partial charge on any atom is 0.0648 e. The first-order valence-electron chi connectivity index (χ1n) is 7.72. The van der Waals surface area contributed by atoms with E-state index in [0.717, 1.165) is 51.5 Å². The number of hydrogen-bond donors (Lipinski definition) is 2. The predicted octanol–water partition coefficient (Wildman–Crippen LogP) is 3.21. The molecule has 0 heterocycles. The Morgan fingerprint density at radius 2 is 1.68 bits per heavy atom. The van der Waals surface area contributed by atoms with Gasteiger partial charge in [-0.2, -0.15) is 0 Å². The normalized spacial score (nSPS) is 17.8. The summed E-state index contributed by atoms with van der Waals surface area (Å²) in [5, 5.41) is 10.3. The van der Waals surface area contributed by atoms with E-state index in [9.17, 15) is 5.11 Å². The van der Waals surface area contributed by atoms with Gasteiger partial charge in [0.15, 0.2) is 0 Å². The SMILES string of the molecule is NCCCc1cccc(CCCC2(O)CCCC2)c1. The third-order valence-electron chi connectivity index (χ3n) is 4.30. The molecule has 2 nitrogen and oxygen atoms in total. The fourth-order valence-corrected chi connectivity index (χ4v) is 3.15. The highest BCUT2D eigenvalue weighted by molar-refractivity contribution is 5.23. The molecule has 0 aromatic heterocycles. The van der Waals surface area contributed by atoms with E-state index in [1.165, 1.54) is 24.0 Å². The molecule has 2 heteroatoms. The number of rotatable bonds is 7. The molecule has 2 rings (SSSR count). The maximum absolute atomic E-state index is 10.3. The Morgan fingerprint density at radius 1 is 1.05 bits per heavy atom. The van der Waals surface area contributed by atoms with Crippen LogP contribution in [0.3, 0.4) is 0 Å². The van der Waals surface area contributed by atoms with Crippen LogP contribution in [-0.4, -0.2) is 17.3 Å². The van der Waals surface area contributed by atoms with Crippen LogP contribution < -0.4 is 5.73 Å². The Bertz CT molecular complexity index is 383. The van der Waals surface area contributed by atoms with E-state index in [-0.39, 0.29) is 5.60 Å². The Kier molecular flexibility index (Phi) is 5.41. The second kappa shape index (κ2) is 7.06. The summed E-state index contributed by atoms with van der Waals surface area (Å²) in [5.74, 6) is 0. The average molecular weight is 261 g/mol. The van der Waals surface area contributed by atoms with Crippen molar-refractivity contribution in [3.63, 3.8) is 0 Å². The molecular formula is C17H27NO. The Hall–Kier alpha value is -0.860. The molecule has 1 aromatic rings. The van der Waals surface area contributed by atoms with Gasteiger partial charge in [0.05, 0.1) is 5.60 Å². The zero-order chi connectivity index (χ0) is 13.6. The second-order valence-electron chi connectivity index (χ2n) is 6.00. The standard InChI is InChI=1S/C17H27NO/c18-13-5-9-16-7-3-6-15(14-16)8-4-12-17(19)10-1-2-11-17/h3,6-7,14,19H,1-2,4-5,8-13,18H2. The highest BCUT2D eigenvalue weighted by Crippen LogP contribution is 2.33. The van der Waals surface area contributed by atoms with Gasteiger partial charge in [0.25, 0.3) is 0 Å². The molecule has 0 atom stereocenters. The average Bonchev–Trinajstić information content (AvgIpc) is 2.84. The minimum Gasteiger partial charge on any atom is -0.390 e. The molecular weight excluding hydrogens is 234 g/mol. The molecule has 1 aliphatic rings. The monoisotopic (exact) mass is 261 g/mol. The van der Waals surface area contributed by atoms with Crippen LogP contribution in [0.2, 0.25) is 0 Å². The molecule has 3 N–H and O–H groups in total. The lowest BCUT2D eigenvalue weighted by Gasteiger charge is -2.21. The van der Waals surface area contributed by atoms with Crippen LogP contribution in [0.1, 0.15) is 56.1 Å². The van der Waals surface area contributed by atoms with Crippen LogP contribution in [0.15, 0.2) is 24.3 Å². The summed E-state index contributed by atoms with van der Waals surface area (Å²) in [6.45, 7) is 0.761. The minimum absolute atomic E-state index is 0.350. The molecule has 0 unspecified atom stereocenters. The fraction of sp³-hybridized carbons (Fsp3) is 0.647. The van der Waals surface area contributed by atoms with Crippen molar-refractivity contribution in [1.82, 2.24) is 0 Å². The largest absolute Gasteiger partial charge is 0.390 e. The third kappa shape index (κ3) is 4.63. The van der Waals surface area contributed by atoms with Gasteiger partial charge in [0.1, 0.15) is 0 Å². The van der Waals surface area contributed by atoms with Gasteiger partial charge in [-0.1, -0.05) is 37.1 Å². The van der Waals surface area contributed by atoms with E-state index in [4.69, 9.17) is 5.73 Å². The maximum atomic E-state index is 10.3. The number of aliphatic hydroxyl groups is 1.